The van der Waals surface area contributed by atoms with Crippen LogP contribution in [0.1, 0.15) is 11.1 Å². The van der Waals surface area contributed by atoms with Gasteiger partial charge in [0.2, 0.25) is 11.8 Å². The Morgan fingerprint density at radius 1 is 1.14 bits per heavy atom. The topological polar surface area (TPSA) is 65.3 Å². The Morgan fingerprint density at radius 3 is 2.46 bits per heavy atom. The Kier molecular flexibility index (Phi) is 5.15. The van der Waals surface area contributed by atoms with Crippen molar-refractivity contribution in [2.45, 2.75) is 20.5 Å². The van der Waals surface area contributed by atoms with Crippen molar-refractivity contribution in [3.8, 4) is 11.6 Å². The molecule has 0 spiro atoms. The second-order valence-corrected chi connectivity index (χ2v) is 7.42. The van der Waals surface area contributed by atoms with E-state index in [0.717, 1.165) is 21.3 Å². The summed E-state index contributed by atoms with van der Waals surface area (Å²) in [7, 11) is 0. The molecule has 0 radical (unpaired) electrons. The first kappa shape index (κ1) is 19.0. The number of benzene rings is 1. The first-order valence-electron chi connectivity index (χ1n) is 8.74. The maximum absolute atomic E-state index is 13.0. The van der Waals surface area contributed by atoms with Gasteiger partial charge < -0.3 is 14.4 Å². The van der Waals surface area contributed by atoms with Crippen molar-refractivity contribution in [2.24, 2.45) is 0 Å². The highest BCUT2D eigenvalue weighted by Gasteiger charge is 2.22. The van der Waals surface area contributed by atoms with Crippen LogP contribution in [0.4, 0.5) is 14.7 Å². The molecule has 1 fully saturated rings. The zero-order valence-corrected chi connectivity index (χ0v) is 16.9. The quantitative estimate of drug-likeness (QED) is 0.600. The van der Waals surface area contributed by atoms with Crippen molar-refractivity contribution in [3.63, 3.8) is 0 Å². The molecule has 3 heterocycles. The lowest BCUT2D eigenvalue weighted by atomic mass is 10.1. The summed E-state index contributed by atoms with van der Waals surface area (Å²) < 4.78 is 38.6. The van der Waals surface area contributed by atoms with Gasteiger partial charge in [-0.25, -0.2) is 4.68 Å². The molecule has 0 N–H and O–H groups in total. The lowest BCUT2D eigenvalue weighted by Crippen LogP contribution is -2.37. The minimum atomic E-state index is -2.99. The lowest BCUT2D eigenvalue weighted by molar-refractivity contribution is -0.0517. The number of alkyl halides is 2. The van der Waals surface area contributed by atoms with Crippen LogP contribution >= 0.6 is 15.9 Å². The Hall–Kier alpha value is -2.33. The lowest BCUT2D eigenvalue weighted by Gasteiger charge is -2.26. The number of halogens is 3. The molecule has 28 heavy (non-hydrogen) atoms. The molecule has 2 aromatic heterocycles. The van der Waals surface area contributed by atoms with E-state index in [-0.39, 0.29) is 5.88 Å². The molecule has 0 aliphatic carbocycles. The summed E-state index contributed by atoms with van der Waals surface area (Å²) in [5.74, 6) is 0.126. The van der Waals surface area contributed by atoms with Gasteiger partial charge in [-0.15, -0.1) is 5.10 Å². The van der Waals surface area contributed by atoms with Crippen LogP contribution in [-0.4, -0.2) is 52.7 Å². The van der Waals surface area contributed by atoms with Gasteiger partial charge in [0.05, 0.1) is 18.9 Å². The number of aromatic nitrogens is 4. The number of rotatable bonds is 4. The van der Waals surface area contributed by atoms with Crippen LogP contribution in [0, 0.1) is 13.8 Å². The van der Waals surface area contributed by atoms with Crippen molar-refractivity contribution in [1.29, 1.82) is 0 Å². The van der Waals surface area contributed by atoms with Crippen LogP contribution in [-0.2, 0) is 4.74 Å². The number of nitrogens with zero attached hydrogens (tertiary/aromatic N) is 5. The summed E-state index contributed by atoms with van der Waals surface area (Å²) in [4.78, 5) is 10.6. The fourth-order valence-electron chi connectivity index (χ4n) is 3.33. The first-order valence-corrected chi connectivity index (χ1v) is 9.53. The predicted molar refractivity (Wildman–Crippen MR) is 103 cm³/mol. The van der Waals surface area contributed by atoms with Gasteiger partial charge in [0.25, 0.3) is 0 Å². The highest BCUT2D eigenvalue weighted by molar-refractivity contribution is 9.10. The zero-order valence-electron chi connectivity index (χ0n) is 15.3. The minimum absolute atomic E-state index is 0.180. The van der Waals surface area contributed by atoms with E-state index in [2.05, 4.69) is 35.7 Å². The van der Waals surface area contributed by atoms with Gasteiger partial charge in [0.15, 0.2) is 5.65 Å². The normalized spacial score (nSPS) is 14.9. The first-order chi connectivity index (χ1) is 13.4. The predicted octanol–water partition coefficient (Wildman–Crippen LogP) is 3.63. The van der Waals surface area contributed by atoms with Gasteiger partial charge in [-0.1, -0.05) is 15.9 Å². The van der Waals surface area contributed by atoms with E-state index in [9.17, 15) is 8.78 Å². The molecule has 0 amide bonds. The van der Waals surface area contributed by atoms with Crippen LogP contribution in [0.5, 0.6) is 5.88 Å². The number of hydrogen-bond acceptors (Lipinski definition) is 6. The van der Waals surface area contributed by atoms with E-state index < -0.39 is 6.61 Å². The van der Waals surface area contributed by atoms with Crippen LogP contribution in [0.15, 0.2) is 22.8 Å². The standard InChI is InChI=1S/C18H18BrF2N5O2/c1-10-7-12(19)8-11(2)14(10)26-9-13-15(24-26)22-18(23-16(13)28-17(20)21)25-3-5-27-6-4-25/h7-9,17H,3-6H2,1-2H3. The second-order valence-electron chi connectivity index (χ2n) is 6.51. The Bertz CT molecular complexity index is 998. The summed E-state index contributed by atoms with van der Waals surface area (Å²) in [6.45, 7) is 3.13. The number of aryl methyl sites for hydroxylation is 2. The molecule has 10 heteroatoms. The van der Waals surface area contributed by atoms with Gasteiger partial charge in [-0.3, -0.25) is 0 Å². The summed E-state index contributed by atoms with van der Waals surface area (Å²) in [5.41, 5.74) is 3.13. The molecule has 148 valence electrons. The van der Waals surface area contributed by atoms with Crippen molar-refractivity contribution >= 4 is 32.9 Å². The van der Waals surface area contributed by atoms with Gasteiger partial charge in [-0.05, 0) is 37.1 Å². The number of morpholine rings is 1. The van der Waals surface area contributed by atoms with Gasteiger partial charge in [-0.2, -0.15) is 18.7 Å². The third-order valence-corrected chi connectivity index (χ3v) is 4.97. The maximum Gasteiger partial charge on any atom is 0.388 e. The van der Waals surface area contributed by atoms with E-state index in [0.29, 0.717) is 43.3 Å². The Morgan fingerprint density at radius 2 is 1.82 bits per heavy atom. The Labute approximate surface area is 168 Å². The fraction of sp³-hybridized carbons (Fsp3) is 0.389. The summed E-state index contributed by atoms with van der Waals surface area (Å²) in [5, 5.41) is 4.86. The van der Waals surface area contributed by atoms with Crippen molar-refractivity contribution in [2.75, 3.05) is 31.2 Å². The number of ether oxygens (including phenoxy) is 2. The molecule has 1 saturated heterocycles. The fourth-order valence-corrected chi connectivity index (χ4v) is 4.01. The number of hydrogen-bond donors (Lipinski definition) is 0. The number of anilines is 1. The molecule has 1 aromatic carbocycles. The molecule has 1 aliphatic heterocycles. The third-order valence-electron chi connectivity index (χ3n) is 4.51. The number of fused-ring (bicyclic) bond motifs is 1. The van der Waals surface area contributed by atoms with Gasteiger partial charge in [0.1, 0.15) is 5.39 Å². The molecular formula is C18H18BrF2N5O2. The highest BCUT2D eigenvalue weighted by atomic mass is 79.9. The molecule has 0 saturated carbocycles. The highest BCUT2D eigenvalue weighted by Crippen LogP contribution is 2.30. The maximum atomic E-state index is 13.0. The molecule has 0 unspecified atom stereocenters. The Balaban J connectivity index is 1.85. The molecule has 4 rings (SSSR count). The second kappa shape index (κ2) is 7.59. The molecule has 7 nitrogen and oxygen atoms in total. The molecule has 3 aromatic rings. The van der Waals surface area contributed by atoms with Crippen molar-refractivity contribution < 1.29 is 18.3 Å². The smallest absolute Gasteiger partial charge is 0.388 e. The van der Waals surface area contributed by atoms with Crippen molar-refractivity contribution in [3.05, 3.63) is 33.9 Å². The molecule has 0 bridgehead atoms. The van der Waals surface area contributed by atoms with Crippen LogP contribution in [0.2, 0.25) is 0 Å². The van der Waals surface area contributed by atoms with E-state index in [1.165, 1.54) is 0 Å². The largest absolute Gasteiger partial charge is 0.416 e. The minimum Gasteiger partial charge on any atom is -0.416 e. The average molecular weight is 454 g/mol. The van der Waals surface area contributed by atoms with Crippen LogP contribution in [0.3, 0.4) is 0 Å². The van der Waals surface area contributed by atoms with Crippen LogP contribution in [0.25, 0.3) is 16.7 Å². The van der Waals surface area contributed by atoms with E-state index >= 15 is 0 Å². The molecule has 1 aliphatic rings. The van der Waals surface area contributed by atoms with Gasteiger partial charge >= 0.3 is 6.61 Å². The van der Waals surface area contributed by atoms with Gasteiger partial charge in [0, 0.05) is 23.8 Å². The monoisotopic (exact) mass is 453 g/mol. The SMILES string of the molecule is Cc1cc(Br)cc(C)c1-n1cc2c(OC(F)F)nc(N3CCOCC3)nc2n1. The molecular weight excluding hydrogens is 436 g/mol. The summed E-state index contributed by atoms with van der Waals surface area (Å²) in [6.07, 6.45) is 1.62. The zero-order chi connectivity index (χ0) is 19.8. The average Bonchev–Trinajstić information content (AvgIpc) is 3.05. The summed E-state index contributed by atoms with van der Waals surface area (Å²) >= 11 is 3.48. The molecule has 0 atom stereocenters. The van der Waals surface area contributed by atoms with E-state index in [1.807, 2.05) is 30.9 Å². The third kappa shape index (κ3) is 3.66. The van der Waals surface area contributed by atoms with Crippen molar-refractivity contribution in [1.82, 2.24) is 19.7 Å². The van der Waals surface area contributed by atoms with E-state index in [4.69, 9.17) is 4.74 Å². The van der Waals surface area contributed by atoms with Crippen LogP contribution < -0.4 is 9.64 Å². The van der Waals surface area contributed by atoms with E-state index in [1.54, 1.807) is 10.9 Å². The summed E-state index contributed by atoms with van der Waals surface area (Å²) in [6, 6.07) is 3.94.